The van der Waals surface area contributed by atoms with Gasteiger partial charge < -0.3 is 35.0 Å². The summed E-state index contributed by atoms with van der Waals surface area (Å²) in [5.41, 5.74) is 2.21. The van der Waals surface area contributed by atoms with Gasteiger partial charge in [-0.3, -0.25) is 19.2 Å². The summed E-state index contributed by atoms with van der Waals surface area (Å²) in [7, 11) is 5.24. The van der Waals surface area contributed by atoms with Gasteiger partial charge in [-0.05, 0) is 69.2 Å². The van der Waals surface area contributed by atoms with Crippen LogP contribution in [-0.4, -0.2) is 50.4 Å². The lowest BCUT2D eigenvalue weighted by Crippen LogP contribution is -2.30. The monoisotopic (exact) mass is 687 g/mol. The maximum Gasteiger partial charge on any atom is 0.272 e. The minimum Gasteiger partial charge on any atom is -0.356 e. The van der Waals surface area contributed by atoms with Crippen molar-refractivity contribution in [2.24, 2.45) is 21.1 Å². The first-order valence-corrected chi connectivity index (χ1v) is 18.1. The third-order valence-electron chi connectivity index (χ3n) is 8.48. The molecule has 4 amide bonds. The maximum atomic E-state index is 13.0. The van der Waals surface area contributed by atoms with Crippen LogP contribution in [0.4, 0.5) is 11.4 Å². The number of nitrogens with zero attached hydrogens (tertiary/aromatic N) is 3. The van der Waals surface area contributed by atoms with E-state index >= 15 is 0 Å². The van der Waals surface area contributed by atoms with Gasteiger partial charge >= 0.3 is 0 Å². The quantitative estimate of drug-likeness (QED) is 0.0618. The Balaban J connectivity index is 1.25. The summed E-state index contributed by atoms with van der Waals surface area (Å²) in [5.74, 6) is -0.869. The van der Waals surface area contributed by atoms with Crippen molar-refractivity contribution < 1.29 is 19.2 Å². The highest BCUT2D eigenvalue weighted by Crippen LogP contribution is 2.18. The van der Waals surface area contributed by atoms with Crippen molar-refractivity contribution in [1.29, 1.82) is 0 Å². The molecule has 4 N–H and O–H groups in total. The lowest BCUT2D eigenvalue weighted by Gasteiger charge is -2.07. The zero-order valence-corrected chi connectivity index (χ0v) is 30.4. The molecule has 0 aliphatic carbocycles. The zero-order valence-electron chi connectivity index (χ0n) is 30.4. The minimum atomic E-state index is -0.375. The third-order valence-corrected chi connectivity index (χ3v) is 8.48. The Kier molecular flexibility index (Phi) is 17.5. The number of allylic oxidation sites excluding steroid dienone is 4. The standard InChI is InChI=1S/C39H57N7O4/c1-5-6-7-8-9-10-11-12-13-14-15-16-17-18-19-23-36(47)40-24-21-25-41-37(48)34-27-31(29-45(34)3)43-39(50)35-28-32(30-46(35)4)42-38(49)33-22-20-26-44(33)2/h9-10,12-13,20,22,26-30H,5-8,11,14-19,21,23-25H2,1-4H3,(H,40,47)(H,41,48)(H,42,49)(H,43,50)/b10-9-,13-12-. The van der Waals surface area contributed by atoms with E-state index in [0.29, 0.717) is 54.4 Å². The van der Waals surface area contributed by atoms with Crippen molar-refractivity contribution in [3.05, 3.63) is 84.2 Å². The number of unbranched alkanes of at least 4 members (excludes halogenated alkanes) is 8. The second kappa shape index (κ2) is 22.0. The Bertz CT molecular complexity index is 1580. The number of rotatable bonds is 23. The average molecular weight is 688 g/mol. The predicted octanol–water partition coefficient (Wildman–Crippen LogP) is 7.26. The van der Waals surface area contributed by atoms with Crippen molar-refractivity contribution in [1.82, 2.24) is 24.3 Å². The molecule has 3 rings (SSSR count). The summed E-state index contributed by atoms with van der Waals surface area (Å²) in [6, 6.07) is 6.71. The van der Waals surface area contributed by atoms with E-state index in [0.717, 1.165) is 32.1 Å². The molecule has 0 bridgehead atoms. The summed E-state index contributed by atoms with van der Waals surface area (Å²) < 4.78 is 4.99. The first-order chi connectivity index (χ1) is 24.2. The lowest BCUT2D eigenvalue weighted by atomic mass is 10.1. The van der Waals surface area contributed by atoms with Crippen LogP contribution in [-0.2, 0) is 25.9 Å². The molecule has 0 unspecified atom stereocenters. The topological polar surface area (TPSA) is 131 Å². The molecule has 11 heteroatoms. The molecule has 0 radical (unpaired) electrons. The van der Waals surface area contributed by atoms with E-state index in [1.54, 1.807) is 77.7 Å². The van der Waals surface area contributed by atoms with Gasteiger partial charge in [0.2, 0.25) is 5.91 Å². The van der Waals surface area contributed by atoms with Gasteiger partial charge in [-0.15, -0.1) is 0 Å². The van der Waals surface area contributed by atoms with E-state index < -0.39 is 0 Å². The van der Waals surface area contributed by atoms with Gasteiger partial charge in [-0.1, -0.05) is 63.3 Å². The van der Waals surface area contributed by atoms with Crippen LogP contribution in [0.25, 0.3) is 0 Å². The first-order valence-electron chi connectivity index (χ1n) is 18.1. The summed E-state index contributed by atoms with van der Waals surface area (Å²) >= 11 is 0. The Morgan fingerprint density at radius 3 is 1.80 bits per heavy atom. The summed E-state index contributed by atoms with van der Waals surface area (Å²) in [4.78, 5) is 50.5. The van der Waals surface area contributed by atoms with Gasteiger partial charge in [0.05, 0.1) is 11.4 Å². The molecule has 0 aromatic carbocycles. The van der Waals surface area contributed by atoms with E-state index in [1.165, 1.54) is 38.5 Å². The Morgan fingerprint density at radius 1 is 0.620 bits per heavy atom. The maximum absolute atomic E-state index is 13.0. The van der Waals surface area contributed by atoms with Crippen LogP contribution in [0.5, 0.6) is 0 Å². The molecule has 3 aromatic rings. The van der Waals surface area contributed by atoms with E-state index in [1.807, 2.05) is 0 Å². The van der Waals surface area contributed by atoms with Gasteiger partial charge in [0.1, 0.15) is 17.1 Å². The number of hydrogen-bond donors (Lipinski definition) is 4. The van der Waals surface area contributed by atoms with Crippen LogP contribution in [0.15, 0.2) is 67.2 Å². The van der Waals surface area contributed by atoms with Crippen molar-refractivity contribution >= 4 is 35.0 Å². The van der Waals surface area contributed by atoms with Crippen LogP contribution >= 0.6 is 0 Å². The predicted molar refractivity (Wildman–Crippen MR) is 201 cm³/mol. The molecule has 0 fully saturated rings. The van der Waals surface area contributed by atoms with Gasteiger partial charge in [0, 0.05) is 59.2 Å². The van der Waals surface area contributed by atoms with Crippen LogP contribution in [0.2, 0.25) is 0 Å². The smallest absolute Gasteiger partial charge is 0.272 e. The molecule has 50 heavy (non-hydrogen) atoms. The number of hydrogen-bond acceptors (Lipinski definition) is 4. The number of anilines is 2. The van der Waals surface area contributed by atoms with Crippen molar-refractivity contribution in [2.75, 3.05) is 23.7 Å². The zero-order chi connectivity index (χ0) is 36.1. The lowest BCUT2D eigenvalue weighted by molar-refractivity contribution is -0.121. The Hall–Kier alpha value is -4.80. The van der Waals surface area contributed by atoms with Gasteiger partial charge in [-0.25, -0.2) is 0 Å². The largest absolute Gasteiger partial charge is 0.356 e. The highest BCUT2D eigenvalue weighted by molar-refractivity contribution is 6.07. The number of aromatic nitrogens is 3. The normalized spacial score (nSPS) is 11.4. The van der Waals surface area contributed by atoms with E-state index in [4.69, 9.17) is 0 Å². The Labute approximate surface area is 297 Å². The third kappa shape index (κ3) is 14.0. The average Bonchev–Trinajstić information content (AvgIpc) is 3.79. The molecule has 0 atom stereocenters. The molecule has 272 valence electrons. The molecule has 3 heterocycles. The molecule has 11 nitrogen and oxygen atoms in total. The summed E-state index contributed by atoms with van der Waals surface area (Å²) in [6.45, 7) is 3.14. The van der Waals surface area contributed by atoms with Crippen LogP contribution in [0.1, 0.15) is 122 Å². The number of aryl methyl sites for hydroxylation is 3. The molecule has 3 aromatic heterocycles. The Morgan fingerprint density at radius 2 is 1.18 bits per heavy atom. The molecule has 0 spiro atoms. The van der Waals surface area contributed by atoms with Crippen molar-refractivity contribution in [3.63, 3.8) is 0 Å². The van der Waals surface area contributed by atoms with E-state index in [-0.39, 0.29) is 23.6 Å². The second-order valence-electron chi connectivity index (χ2n) is 12.8. The van der Waals surface area contributed by atoms with Crippen LogP contribution in [0, 0.1) is 0 Å². The van der Waals surface area contributed by atoms with E-state index in [2.05, 4.69) is 52.5 Å². The highest BCUT2D eigenvalue weighted by atomic mass is 16.2. The van der Waals surface area contributed by atoms with Gasteiger partial charge in [0.25, 0.3) is 17.7 Å². The van der Waals surface area contributed by atoms with Gasteiger partial charge in [0.15, 0.2) is 0 Å². The summed E-state index contributed by atoms with van der Waals surface area (Å²) in [6.07, 6.45) is 28.1. The van der Waals surface area contributed by atoms with Crippen LogP contribution < -0.4 is 21.3 Å². The fourth-order valence-corrected chi connectivity index (χ4v) is 5.60. The molecule has 0 saturated heterocycles. The number of amides is 4. The molecular weight excluding hydrogens is 630 g/mol. The number of carbonyl (C=O) groups is 4. The van der Waals surface area contributed by atoms with Gasteiger partial charge in [-0.2, -0.15) is 0 Å². The highest BCUT2D eigenvalue weighted by Gasteiger charge is 2.18. The first kappa shape index (κ1) is 39.6. The second-order valence-corrected chi connectivity index (χ2v) is 12.8. The molecular formula is C39H57N7O4. The number of nitrogens with one attached hydrogen (secondary N) is 4. The molecule has 0 aliphatic rings. The summed E-state index contributed by atoms with van der Waals surface area (Å²) in [5, 5.41) is 11.5. The van der Waals surface area contributed by atoms with Crippen LogP contribution in [0.3, 0.4) is 0 Å². The fraction of sp³-hybridized carbons (Fsp3) is 0.487. The molecule has 0 saturated carbocycles. The van der Waals surface area contributed by atoms with Crippen molar-refractivity contribution in [3.8, 4) is 0 Å². The SMILES string of the molecule is CCCCC/C=C\C/C=C\CCCCCCCC(=O)NCCCNC(=O)c1cc(NC(=O)c2cc(NC(=O)c3cccn3C)cn2C)cn1C. The fourth-order valence-electron chi connectivity index (χ4n) is 5.60. The van der Waals surface area contributed by atoms with Crippen molar-refractivity contribution in [2.45, 2.75) is 90.4 Å². The number of carbonyl (C=O) groups excluding carboxylic acids is 4. The molecule has 0 aliphatic heterocycles. The van der Waals surface area contributed by atoms with E-state index in [9.17, 15) is 19.2 Å². The minimum absolute atomic E-state index is 0.0497.